The minimum absolute atomic E-state index is 0.0815. The quantitative estimate of drug-likeness (QED) is 0.346. The Hall–Kier alpha value is -3.06. The molecule has 0 radical (unpaired) electrons. The van der Waals surface area contributed by atoms with Crippen molar-refractivity contribution in [2.75, 3.05) is 11.1 Å². The van der Waals surface area contributed by atoms with Crippen LogP contribution in [-0.2, 0) is 11.3 Å². The van der Waals surface area contributed by atoms with Crippen LogP contribution in [0.1, 0.15) is 31.2 Å². The zero-order valence-corrected chi connectivity index (χ0v) is 19.1. The van der Waals surface area contributed by atoms with Crippen molar-refractivity contribution in [1.82, 2.24) is 14.8 Å². The second kappa shape index (κ2) is 10.5. The van der Waals surface area contributed by atoms with Gasteiger partial charge in [0.1, 0.15) is 5.75 Å². The smallest absolute Gasteiger partial charge is 0.234 e. The molecule has 0 atom stereocenters. The molecule has 6 nitrogen and oxygen atoms in total. The fraction of sp³-hybridized carbons (Fsp3) is 0.320. The summed E-state index contributed by atoms with van der Waals surface area (Å²) in [4.78, 5) is 12.4. The SMILES string of the molecule is C=CCn1c(SCC(=O)Nc2ccc(C)cc2)nnc1-c1ccc(OC2CCCC2)cc1. The van der Waals surface area contributed by atoms with Crippen LogP contribution in [0.5, 0.6) is 5.75 Å². The molecule has 0 spiro atoms. The van der Waals surface area contributed by atoms with Crippen molar-refractivity contribution in [3.8, 4) is 17.1 Å². The van der Waals surface area contributed by atoms with Gasteiger partial charge in [0.05, 0.1) is 11.9 Å². The first-order valence-electron chi connectivity index (χ1n) is 10.9. The second-order valence-corrected chi connectivity index (χ2v) is 8.90. The van der Waals surface area contributed by atoms with Crippen LogP contribution in [0.2, 0.25) is 0 Å². The van der Waals surface area contributed by atoms with E-state index in [0.717, 1.165) is 41.2 Å². The Balaban J connectivity index is 1.41. The number of aryl methyl sites for hydroxylation is 1. The third-order valence-electron chi connectivity index (χ3n) is 5.41. The van der Waals surface area contributed by atoms with E-state index in [1.54, 1.807) is 6.08 Å². The summed E-state index contributed by atoms with van der Waals surface area (Å²) >= 11 is 1.36. The largest absolute Gasteiger partial charge is 0.490 e. The van der Waals surface area contributed by atoms with E-state index in [1.165, 1.54) is 24.6 Å². The first-order chi connectivity index (χ1) is 15.6. The van der Waals surface area contributed by atoms with Gasteiger partial charge in [-0.25, -0.2) is 0 Å². The minimum atomic E-state index is -0.0815. The second-order valence-electron chi connectivity index (χ2n) is 7.96. The highest BCUT2D eigenvalue weighted by molar-refractivity contribution is 7.99. The Kier molecular flexibility index (Phi) is 7.27. The summed E-state index contributed by atoms with van der Waals surface area (Å²) in [5.41, 5.74) is 2.89. The van der Waals surface area contributed by atoms with Crippen LogP contribution in [0.25, 0.3) is 11.4 Å². The van der Waals surface area contributed by atoms with E-state index in [4.69, 9.17) is 4.74 Å². The van der Waals surface area contributed by atoms with Crippen LogP contribution >= 0.6 is 11.8 Å². The maximum absolute atomic E-state index is 12.4. The predicted molar refractivity (Wildman–Crippen MR) is 129 cm³/mol. The van der Waals surface area contributed by atoms with Crippen LogP contribution in [0.3, 0.4) is 0 Å². The van der Waals surface area contributed by atoms with Crippen LogP contribution < -0.4 is 10.1 Å². The lowest BCUT2D eigenvalue weighted by molar-refractivity contribution is -0.113. The fourth-order valence-corrected chi connectivity index (χ4v) is 4.50. The van der Waals surface area contributed by atoms with Gasteiger partial charge in [-0.05, 0) is 69.0 Å². The Morgan fingerprint density at radius 1 is 1.16 bits per heavy atom. The Bertz CT molecular complexity index is 1050. The number of hydrogen-bond donors (Lipinski definition) is 1. The van der Waals surface area contributed by atoms with E-state index in [9.17, 15) is 4.79 Å². The molecule has 2 aromatic carbocycles. The molecule has 4 rings (SSSR count). The Morgan fingerprint density at radius 3 is 2.56 bits per heavy atom. The number of thioether (sulfide) groups is 1. The van der Waals surface area contributed by atoms with E-state index >= 15 is 0 Å². The molecule has 0 saturated heterocycles. The van der Waals surface area contributed by atoms with Crippen LogP contribution in [0, 0.1) is 6.92 Å². The molecule has 0 aliphatic heterocycles. The van der Waals surface area contributed by atoms with Crippen LogP contribution in [-0.4, -0.2) is 32.5 Å². The molecular weight excluding hydrogens is 420 g/mol. The fourth-order valence-electron chi connectivity index (χ4n) is 3.75. The summed E-state index contributed by atoms with van der Waals surface area (Å²) < 4.78 is 8.04. The van der Waals surface area contributed by atoms with Gasteiger partial charge in [-0.1, -0.05) is 35.5 Å². The highest BCUT2D eigenvalue weighted by atomic mass is 32.2. The lowest BCUT2D eigenvalue weighted by Gasteiger charge is -2.13. The molecular formula is C25H28N4O2S. The number of rotatable bonds is 9. The van der Waals surface area contributed by atoms with E-state index in [1.807, 2.05) is 60.0 Å². The van der Waals surface area contributed by atoms with E-state index < -0.39 is 0 Å². The van der Waals surface area contributed by atoms with Gasteiger partial charge in [0.15, 0.2) is 11.0 Å². The highest BCUT2D eigenvalue weighted by Crippen LogP contribution is 2.28. The summed E-state index contributed by atoms with van der Waals surface area (Å²) in [6.45, 7) is 6.43. The topological polar surface area (TPSA) is 69.0 Å². The third kappa shape index (κ3) is 5.59. The van der Waals surface area contributed by atoms with Gasteiger partial charge in [0.25, 0.3) is 0 Å². The van der Waals surface area contributed by atoms with Crippen molar-refractivity contribution < 1.29 is 9.53 Å². The predicted octanol–water partition coefficient (Wildman–Crippen LogP) is 5.49. The number of amides is 1. The molecule has 1 aliphatic rings. The number of hydrogen-bond acceptors (Lipinski definition) is 5. The van der Waals surface area contributed by atoms with Crippen molar-refractivity contribution >= 4 is 23.4 Å². The molecule has 1 fully saturated rings. The van der Waals surface area contributed by atoms with Gasteiger partial charge < -0.3 is 10.1 Å². The number of anilines is 1. The summed E-state index contributed by atoms with van der Waals surface area (Å²) in [6.07, 6.45) is 6.90. The van der Waals surface area contributed by atoms with Gasteiger partial charge in [-0.2, -0.15) is 0 Å². The average Bonchev–Trinajstić information content (AvgIpc) is 3.45. The first-order valence-corrected chi connectivity index (χ1v) is 11.9. The standard InChI is InChI=1S/C25H28N4O2S/c1-3-16-29-24(19-10-14-22(15-11-19)31-21-6-4-5-7-21)27-28-25(29)32-17-23(30)26-20-12-8-18(2)9-13-20/h3,8-15,21H,1,4-7,16-17H2,2H3,(H,26,30). The number of nitrogens with one attached hydrogen (secondary N) is 1. The maximum atomic E-state index is 12.4. The molecule has 166 valence electrons. The number of carbonyl (C=O) groups is 1. The van der Waals surface area contributed by atoms with Gasteiger partial charge in [-0.15, -0.1) is 16.8 Å². The molecule has 1 aliphatic carbocycles. The summed E-state index contributed by atoms with van der Waals surface area (Å²) in [6, 6.07) is 15.7. The molecule has 0 unspecified atom stereocenters. The minimum Gasteiger partial charge on any atom is -0.490 e. The molecule has 1 aromatic heterocycles. The molecule has 0 bridgehead atoms. The molecule has 1 N–H and O–H groups in total. The molecule has 3 aromatic rings. The van der Waals surface area contributed by atoms with Crippen molar-refractivity contribution in [2.24, 2.45) is 0 Å². The average molecular weight is 449 g/mol. The number of nitrogens with zero attached hydrogens (tertiary/aromatic N) is 3. The Morgan fingerprint density at radius 2 is 1.88 bits per heavy atom. The van der Waals surface area contributed by atoms with Crippen molar-refractivity contribution in [3.05, 3.63) is 66.7 Å². The third-order valence-corrected chi connectivity index (χ3v) is 6.38. The maximum Gasteiger partial charge on any atom is 0.234 e. The van der Waals surface area contributed by atoms with Crippen molar-refractivity contribution in [3.63, 3.8) is 0 Å². The zero-order valence-electron chi connectivity index (χ0n) is 18.3. The molecule has 1 amide bonds. The van der Waals surface area contributed by atoms with Crippen LogP contribution in [0.15, 0.2) is 66.3 Å². The van der Waals surface area contributed by atoms with Crippen molar-refractivity contribution in [2.45, 2.75) is 50.4 Å². The van der Waals surface area contributed by atoms with E-state index in [0.29, 0.717) is 17.8 Å². The number of ether oxygens (including phenoxy) is 1. The molecule has 1 saturated carbocycles. The summed E-state index contributed by atoms with van der Waals surface area (Å²) in [5, 5.41) is 12.3. The van der Waals surface area contributed by atoms with Crippen molar-refractivity contribution in [1.29, 1.82) is 0 Å². The number of carbonyl (C=O) groups excluding carboxylic acids is 1. The van der Waals surface area contributed by atoms with Gasteiger partial charge in [-0.3, -0.25) is 9.36 Å². The van der Waals surface area contributed by atoms with E-state index in [2.05, 4.69) is 22.1 Å². The van der Waals surface area contributed by atoms with Gasteiger partial charge >= 0.3 is 0 Å². The lowest BCUT2D eigenvalue weighted by Crippen LogP contribution is -2.14. The van der Waals surface area contributed by atoms with E-state index in [-0.39, 0.29) is 11.7 Å². The first kappa shape index (κ1) is 22.1. The summed E-state index contributed by atoms with van der Waals surface area (Å²) in [5.74, 6) is 1.80. The van der Waals surface area contributed by atoms with Crippen LogP contribution in [0.4, 0.5) is 5.69 Å². The number of aromatic nitrogens is 3. The monoisotopic (exact) mass is 448 g/mol. The van der Waals surface area contributed by atoms with Gasteiger partial charge in [0, 0.05) is 17.8 Å². The number of benzene rings is 2. The van der Waals surface area contributed by atoms with Gasteiger partial charge in [0.2, 0.25) is 5.91 Å². The summed E-state index contributed by atoms with van der Waals surface area (Å²) in [7, 11) is 0. The normalized spacial score (nSPS) is 13.8. The lowest BCUT2D eigenvalue weighted by atomic mass is 10.2. The highest BCUT2D eigenvalue weighted by Gasteiger charge is 2.18. The zero-order chi connectivity index (χ0) is 22.3. The Labute approximate surface area is 193 Å². The number of allylic oxidation sites excluding steroid dienone is 1. The molecule has 7 heteroatoms. The molecule has 32 heavy (non-hydrogen) atoms. The molecule has 1 heterocycles.